The van der Waals surface area contributed by atoms with Gasteiger partial charge in [0.05, 0.1) is 4.90 Å². The Kier molecular flexibility index (Phi) is 2.72. The zero-order chi connectivity index (χ0) is 13.5. The molecule has 0 aromatic heterocycles. The Morgan fingerprint density at radius 2 is 1.72 bits per heavy atom. The van der Waals surface area contributed by atoms with Crippen LogP contribution in [0.3, 0.4) is 0 Å². The minimum absolute atomic E-state index is 0.0463. The maximum atomic E-state index is 11.0. The Morgan fingerprint density at radius 3 is 2.28 bits per heavy atom. The third-order valence-electron chi connectivity index (χ3n) is 2.49. The standard InChI is InChI=1S/C11H8O6S/c12-10-8(11(13)14)4-2-6-1-3-7(5-9(6)10)18(15,16)17/h1-5,12H,(H,13,14)(H,15,16,17). The Morgan fingerprint density at radius 1 is 1.11 bits per heavy atom. The van der Waals surface area contributed by atoms with Crippen LogP contribution in [0.2, 0.25) is 0 Å². The van der Waals surface area contributed by atoms with Gasteiger partial charge in [-0.1, -0.05) is 12.1 Å². The van der Waals surface area contributed by atoms with Crippen LogP contribution in [0.15, 0.2) is 35.2 Å². The summed E-state index contributed by atoms with van der Waals surface area (Å²) in [4.78, 5) is 10.4. The van der Waals surface area contributed by atoms with Crippen molar-refractivity contribution >= 4 is 26.9 Å². The molecule has 18 heavy (non-hydrogen) atoms. The second-order valence-electron chi connectivity index (χ2n) is 3.62. The molecule has 0 bridgehead atoms. The second kappa shape index (κ2) is 3.97. The molecular weight excluding hydrogens is 260 g/mol. The van der Waals surface area contributed by atoms with E-state index < -0.39 is 26.7 Å². The summed E-state index contributed by atoms with van der Waals surface area (Å²) in [7, 11) is -4.40. The van der Waals surface area contributed by atoms with Gasteiger partial charge >= 0.3 is 5.97 Å². The van der Waals surface area contributed by atoms with E-state index in [1.54, 1.807) is 0 Å². The molecule has 0 heterocycles. The van der Waals surface area contributed by atoms with Crippen molar-refractivity contribution in [3.8, 4) is 5.75 Å². The van der Waals surface area contributed by atoms with Crippen molar-refractivity contribution in [1.82, 2.24) is 0 Å². The first-order chi connectivity index (χ1) is 8.30. The van der Waals surface area contributed by atoms with Gasteiger partial charge < -0.3 is 10.2 Å². The summed E-state index contributed by atoms with van der Waals surface area (Å²) in [6.45, 7) is 0. The first-order valence-corrected chi connectivity index (χ1v) is 6.21. The maximum Gasteiger partial charge on any atom is 0.339 e. The number of carboxylic acid groups (broad SMARTS) is 1. The van der Waals surface area contributed by atoms with Crippen molar-refractivity contribution in [2.24, 2.45) is 0 Å². The van der Waals surface area contributed by atoms with Crippen LogP contribution in [-0.2, 0) is 10.1 Å². The number of hydrogen-bond acceptors (Lipinski definition) is 4. The van der Waals surface area contributed by atoms with Crippen LogP contribution >= 0.6 is 0 Å². The van der Waals surface area contributed by atoms with Crippen LogP contribution in [0.4, 0.5) is 0 Å². The molecular formula is C11H8O6S. The molecule has 2 aromatic carbocycles. The quantitative estimate of drug-likeness (QED) is 0.711. The van der Waals surface area contributed by atoms with Crippen molar-refractivity contribution in [2.75, 3.05) is 0 Å². The molecule has 0 aliphatic heterocycles. The zero-order valence-electron chi connectivity index (χ0n) is 8.86. The third kappa shape index (κ3) is 2.01. The number of carbonyl (C=O) groups is 1. The molecule has 0 saturated heterocycles. The van der Waals surface area contributed by atoms with E-state index in [0.717, 1.165) is 12.1 Å². The third-order valence-corrected chi connectivity index (χ3v) is 3.34. The topological polar surface area (TPSA) is 112 Å². The van der Waals surface area contributed by atoms with Crippen LogP contribution in [0.25, 0.3) is 10.8 Å². The normalized spacial score (nSPS) is 11.6. The molecule has 0 saturated carbocycles. The van der Waals surface area contributed by atoms with Gasteiger partial charge in [-0.15, -0.1) is 0 Å². The minimum Gasteiger partial charge on any atom is -0.506 e. The number of carboxylic acids is 1. The molecule has 0 radical (unpaired) electrons. The van der Waals surface area contributed by atoms with Crippen molar-refractivity contribution < 1.29 is 28.0 Å². The Balaban J connectivity index is 2.83. The number of fused-ring (bicyclic) bond motifs is 1. The van der Waals surface area contributed by atoms with Gasteiger partial charge in [0.25, 0.3) is 10.1 Å². The number of phenols is 1. The minimum atomic E-state index is -4.40. The van der Waals surface area contributed by atoms with Crippen molar-refractivity contribution in [3.63, 3.8) is 0 Å². The molecule has 2 aromatic rings. The van der Waals surface area contributed by atoms with Crippen LogP contribution in [0.1, 0.15) is 10.4 Å². The first-order valence-electron chi connectivity index (χ1n) is 4.77. The summed E-state index contributed by atoms with van der Waals surface area (Å²) >= 11 is 0. The lowest BCUT2D eigenvalue weighted by Crippen LogP contribution is -1.99. The van der Waals surface area contributed by atoms with Crippen LogP contribution in [0, 0.1) is 0 Å². The average molecular weight is 268 g/mol. The molecule has 0 unspecified atom stereocenters. The molecule has 2 rings (SSSR count). The van der Waals surface area contributed by atoms with Crippen LogP contribution in [-0.4, -0.2) is 29.2 Å². The fourth-order valence-electron chi connectivity index (χ4n) is 1.62. The predicted octanol–water partition coefficient (Wildman–Crippen LogP) is 1.49. The van der Waals surface area contributed by atoms with E-state index in [1.165, 1.54) is 18.2 Å². The second-order valence-corrected chi connectivity index (χ2v) is 5.05. The highest BCUT2D eigenvalue weighted by Crippen LogP contribution is 2.30. The molecule has 6 nitrogen and oxygen atoms in total. The monoisotopic (exact) mass is 268 g/mol. The Hall–Kier alpha value is -2.12. The zero-order valence-corrected chi connectivity index (χ0v) is 9.68. The van der Waals surface area contributed by atoms with Crippen LogP contribution < -0.4 is 0 Å². The van der Waals surface area contributed by atoms with Gasteiger partial charge in [-0.2, -0.15) is 8.42 Å². The summed E-state index contributed by atoms with van der Waals surface area (Å²) in [5, 5.41) is 19.1. The van der Waals surface area contributed by atoms with Gasteiger partial charge in [-0.3, -0.25) is 4.55 Å². The van der Waals surface area contributed by atoms with E-state index in [1.807, 2.05) is 0 Å². The summed E-state index contributed by atoms with van der Waals surface area (Å²) in [6, 6.07) is 6.20. The molecule has 0 aliphatic carbocycles. The maximum absolute atomic E-state index is 11.0. The lowest BCUT2D eigenvalue weighted by molar-refractivity contribution is 0.0694. The number of aromatic carboxylic acids is 1. The van der Waals surface area contributed by atoms with E-state index in [4.69, 9.17) is 9.66 Å². The smallest absolute Gasteiger partial charge is 0.339 e. The van der Waals surface area contributed by atoms with E-state index in [9.17, 15) is 18.3 Å². The summed E-state index contributed by atoms with van der Waals surface area (Å²) in [5.74, 6) is -1.86. The highest BCUT2D eigenvalue weighted by Gasteiger charge is 2.15. The number of hydrogen-bond donors (Lipinski definition) is 3. The van der Waals surface area contributed by atoms with Crippen LogP contribution in [0.5, 0.6) is 5.75 Å². The lowest BCUT2D eigenvalue weighted by atomic mass is 10.1. The summed E-state index contributed by atoms with van der Waals surface area (Å²) < 4.78 is 30.8. The van der Waals surface area contributed by atoms with Gasteiger partial charge in [-0.25, -0.2) is 4.79 Å². The molecule has 0 aliphatic rings. The Labute approximate surface area is 102 Å². The van der Waals surface area contributed by atoms with Crippen molar-refractivity contribution in [3.05, 3.63) is 35.9 Å². The van der Waals surface area contributed by atoms with Gasteiger partial charge in [0, 0.05) is 5.39 Å². The molecule has 0 spiro atoms. The molecule has 0 amide bonds. The van der Waals surface area contributed by atoms with Crippen molar-refractivity contribution in [1.29, 1.82) is 0 Å². The molecule has 94 valence electrons. The predicted molar refractivity (Wildman–Crippen MR) is 62.4 cm³/mol. The average Bonchev–Trinajstić information content (AvgIpc) is 2.27. The van der Waals surface area contributed by atoms with Crippen molar-refractivity contribution in [2.45, 2.75) is 4.90 Å². The molecule has 0 fully saturated rings. The molecule has 7 heteroatoms. The summed E-state index contributed by atoms with van der Waals surface area (Å²) in [5.41, 5.74) is -0.338. The highest BCUT2D eigenvalue weighted by molar-refractivity contribution is 7.85. The van der Waals surface area contributed by atoms with E-state index in [-0.39, 0.29) is 10.9 Å². The van der Waals surface area contributed by atoms with Gasteiger partial charge in [0.15, 0.2) is 0 Å². The van der Waals surface area contributed by atoms with E-state index >= 15 is 0 Å². The van der Waals surface area contributed by atoms with Gasteiger partial charge in [0.1, 0.15) is 11.3 Å². The summed E-state index contributed by atoms with van der Waals surface area (Å²) in [6.07, 6.45) is 0. The van der Waals surface area contributed by atoms with E-state index in [0.29, 0.717) is 5.39 Å². The fourth-order valence-corrected chi connectivity index (χ4v) is 2.12. The SMILES string of the molecule is O=C(O)c1ccc2ccc(S(=O)(=O)O)cc2c1O. The fraction of sp³-hybridized carbons (Fsp3) is 0. The van der Waals surface area contributed by atoms with E-state index in [2.05, 4.69) is 0 Å². The highest BCUT2D eigenvalue weighted by atomic mass is 32.2. The number of benzene rings is 2. The number of rotatable bonds is 2. The van der Waals surface area contributed by atoms with Gasteiger partial charge in [0.2, 0.25) is 0 Å². The lowest BCUT2D eigenvalue weighted by Gasteiger charge is -2.06. The first kappa shape index (κ1) is 12.3. The largest absolute Gasteiger partial charge is 0.506 e. The Bertz CT molecular complexity index is 747. The molecule has 3 N–H and O–H groups in total. The molecule has 0 atom stereocenters. The van der Waals surface area contributed by atoms with Gasteiger partial charge in [-0.05, 0) is 23.6 Å². The number of aromatic hydroxyl groups is 1.